The molecule has 5 atom stereocenters. The lowest BCUT2D eigenvalue weighted by Gasteiger charge is -2.34. The molecule has 3 aliphatic heterocycles. The van der Waals surface area contributed by atoms with E-state index in [1.54, 1.807) is 18.7 Å². The summed E-state index contributed by atoms with van der Waals surface area (Å²) in [4.78, 5) is 68.0. The van der Waals surface area contributed by atoms with Crippen molar-refractivity contribution in [1.29, 1.82) is 0 Å². The topological polar surface area (TPSA) is 137 Å². The average molecular weight is 599 g/mol. The molecule has 0 aromatic heterocycles. The molecule has 0 aliphatic carbocycles. The second kappa shape index (κ2) is 13.1. The van der Waals surface area contributed by atoms with Gasteiger partial charge in [-0.05, 0) is 45.1 Å². The Morgan fingerprint density at radius 1 is 0.976 bits per heavy atom. The van der Waals surface area contributed by atoms with Crippen LogP contribution < -0.4 is 16.0 Å². The number of Topliss-reactive ketones (excluding diaryl/α,β-unsaturated/α-hetero) is 1. The zero-order chi connectivity index (χ0) is 30.7. The fraction of sp³-hybridized carbons (Fsp3) is 0.645. The van der Waals surface area contributed by atoms with Crippen molar-refractivity contribution in [2.45, 2.75) is 120 Å². The molecule has 0 saturated carbocycles. The molecule has 3 heterocycles. The van der Waals surface area contributed by atoms with E-state index in [0.29, 0.717) is 45.1 Å². The Labute approximate surface area is 249 Å². The van der Waals surface area contributed by atoms with Crippen LogP contribution in [0.5, 0.6) is 0 Å². The molecule has 4 rings (SSSR count). The number of epoxide rings is 1. The number of fused-ring (bicyclic) bond motifs is 1. The molecule has 1 aromatic rings. The molecule has 4 amide bonds. The van der Waals surface area contributed by atoms with Gasteiger partial charge in [-0.3, -0.25) is 24.0 Å². The number of carbonyl (C=O) groups is 5. The summed E-state index contributed by atoms with van der Waals surface area (Å²) >= 11 is 0. The van der Waals surface area contributed by atoms with Gasteiger partial charge in [0, 0.05) is 19.4 Å². The van der Waals surface area contributed by atoms with Crippen molar-refractivity contribution in [3.05, 3.63) is 35.9 Å². The first-order valence-corrected chi connectivity index (χ1v) is 18.8. The van der Waals surface area contributed by atoms with Gasteiger partial charge in [0.2, 0.25) is 23.6 Å². The van der Waals surface area contributed by atoms with E-state index >= 15 is 0 Å². The highest BCUT2D eigenvalue weighted by molar-refractivity contribution is 6.78. The zero-order valence-corrected chi connectivity index (χ0v) is 26.5. The van der Waals surface area contributed by atoms with E-state index < -0.39 is 43.6 Å². The van der Waals surface area contributed by atoms with E-state index in [2.05, 4.69) is 35.6 Å². The van der Waals surface area contributed by atoms with E-state index in [4.69, 9.17) is 4.74 Å². The number of amides is 4. The highest BCUT2D eigenvalue weighted by Crippen LogP contribution is 2.33. The molecule has 230 valence electrons. The molecule has 0 radical (unpaired) electrons. The molecular weight excluding hydrogens is 552 g/mol. The number of ether oxygens (including phenoxy) is 1. The predicted octanol–water partition coefficient (Wildman–Crippen LogP) is 2.26. The van der Waals surface area contributed by atoms with Crippen LogP contribution in [0.15, 0.2) is 30.3 Å². The van der Waals surface area contributed by atoms with Gasteiger partial charge in [-0.25, -0.2) is 0 Å². The summed E-state index contributed by atoms with van der Waals surface area (Å²) in [5.74, 6) is -1.43. The maximum absolute atomic E-state index is 13.7. The second-order valence-electron chi connectivity index (χ2n) is 13.5. The van der Waals surface area contributed by atoms with Crippen molar-refractivity contribution in [3.63, 3.8) is 0 Å². The highest BCUT2D eigenvalue weighted by Gasteiger charge is 2.51. The molecule has 0 bridgehead atoms. The standard InChI is InChI=1S/C31H46N4O6Si/c1-31(2)30(40)33-22(19-20-13-8-6-9-14-20)28(39)35-18-12-16-23(35)27(38)32-21(26(37)34-31)15-10-7-11-17-24(36)25-29(41-25)42(3,4)5/h6,8-9,13-14,21-23,25,29H,7,10-12,15-19H2,1-5H3,(H,32,38)(H,33,40)(H,34,37)/t21-,22-,23+,25+,29+/m0/s1. The molecular formula is C31H46N4O6Si. The Balaban J connectivity index is 1.41. The SMILES string of the molecule is CC1(C)NC(=O)[C@H](CCCCCC(=O)[C@H]2O[C@@H]2[Si](C)(C)C)NC(=O)[C@H]2CCCN2C(=O)[C@H](Cc2ccccc2)NC1=O. The number of rotatable bonds is 10. The minimum Gasteiger partial charge on any atom is -0.365 e. The van der Waals surface area contributed by atoms with Crippen LogP contribution in [0.3, 0.4) is 0 Å². The molecule has 3 saturated heterocycles. The van der Waals surface area contributed by atoms with Crippen LogP contribution in [0.4, 0.5) is 0 Å². The van der Waals surface area contributed by atoms with Crippen molar-refractivity contribution in [1.82, 2.24) is 20.9 Å². The van der Waals surface area contributed by atoms with Gasteiger partial charge < -0.3 is 25.6 Å². The van der Waals surface area contributed by atoms with Crippen LogP contribution >= 0.6 is 0 Å². The quantitative estimate of drug-likeness (QED) is 0.215. The Morgan fingerprint density at radius 3 is 2.36 bits per heavy atom. The average Bonchev–Trinajstić information content (AvgIpc) is 3.61. The molecule has 42 heavy (non-hydrogen) atoms. The molecule has 3 N–H and O–H groups in total. The summed E-state index contributed by atoms with van der Waals surface area (Å²) in [5, 5.41) is 8.55. The van der Waals surface area contributed by atoms with E-state index in [1.807, 2.05) is 30.3 Å². The third kappa shape index (κ3) is 7.86. The first-order chi connectivity index (χ1) is 19.8. The van der Waals surface area contributed by atoms with Crippen LogP contribution in [0.2, 0.25) is 19.6 Å². The van der Waals surface area contributed by atoms with Gasteiger partial charge in [-0.15, -0.1) is 0 Å². The van der Waals surface area contributed by atoms with Gasteiger partial charge >= 0.3 is 0 Å². The molecule has 3 fully saturated rings. The maximum atomic E-state index is 13.7. The fourth-order valence-corrected chi connectivity index (χ4v) is 7.51. The normalized spacial score (nSPS) is 28.1. The van der Waals surface area contributed by atoms with E-state index in [-0.39, 0.29) is 35.8 Å². The number of hydrogen-bond donors (Lipinski definition) is 3. The van der Waals surface area contributed by atoms with Crippen molar-refractivity contribution in [3.8, 4) is 0 Å². The van der Waals surface area contributed by atoms with Crippen LogP contribution in [-0.4, -0.2) is 84.4 Å². The number of hydrogen-bond acceptors (Lipinski definition) is 6. The summed E-state index contributed by atoms with van der Waals surface area (Å²) in [6, 6.07) is 6.97. The van der Waals surface area contributed by atoms with Crippen molar-refractivity contribution in [2.24, 2.45) is 0 Å². The third-order valence-corrected chi connectivity index (χ3v) is 10.6. The molecule has 1 aromatic carbocycles. The summed E-state index contributed by atoms with van der Waals surface area (Å²) in [6.45, 7) is 10.2. The number of ketones is 1. The Kier molecular flexibility index (Phi) is 9.92. The number of carbonyl (C=O) groups excluding carboxylic acids is 5. The summed E-state index contributed by atoms with van der Waals surface area (Å²) < 4.78 is 5.65. The lowest BCUT2D eigenvalue weighted by Crippen LogP contribution is -2.64. The lowest BCUT2D eigenvalue weighted by atomic mass is 9.98. The molecule has 0 spiro atoms. The minimum absolute atomic E-state index is 0.108. The van der Waals surface area contributed by atoms with Crippen LogP contribution in [0.1, 0.15) is 64.4 Å². The fourth-order valence-electron chi connectivity index (χ4n) is 5.86. The Bertz CT molecular complexity index is 1180. The number of benzene rings is 1. The van der Waals surface area contributed by atoms with Gasteiger partial charge in [0.15, 0.2) is 5.78 Å². The van der Waals surface area contributed by atoms with E-state index in [0.717, 1.165) is 12.0 Å². The first kappa shape index (κ1) is 31.9. The van der Waals surface area contributed by atoms with Gasteiger partial charge in [-0.2, -0.15) is 0 Å². The molecule has 3 aliphatic rings. The number of nitrogens with zero attached hydrogens (tertiary/aromatic N) is 1. The Morgan fingerprint density at radius 2 is 1.69 bits per heavy atom. The van der Waals surface area contributed by atoms with Crippen molar-refractivity contribution < 1.29 is 28.7 Å². The molecule has 11 heteroatoms. The van der Waals surface area contributed by atoms with Gasteiger partial charge in [0.25, 0.3) is 0 Å². The van der Waals surface area contributed by atoms with Crippen molar-refractivity contribution >= 4 is 37.5 Å². The minimum atomic E-state index is -1.50. The largest absolute Gasteiger partial charge is 0.365 e. The van der Waals surface area contributed by atoms with E-state index in [1.165, 1.54) is 0 Å². The second-order valence-corrected chi connectivity index (χ2v) is 18.8. The summed E-state index contributed by atoms with van der Waals surface area (Å²) in [5.41, 5.74) is -0.327. The third-order valence-electron chi connectivity index (χ3n) is 8.44. The smallest absolute Gasteiger partial charge is 0.246 e. The maximum Gasteiger partial charge on any atom is 0.246 e. The van der Waals surface area contributed by atoms with E-state index in [9.17, 15) is 24.0 Å². The van der Waals surface area contributed by atoms with Gasteiger partial charge in [0.1, 0.15) is 29.8 Å². The van der Waals surface area contributed by atoms with Crippen LogP contribution in [0, 0.1) is 0 Å². The highest BCUT2D eigenvalue weighted by atomic mass is 28.3. The lowest BCUT2D eigenvalue weighted by molar-refractivity contribution is -0.144. The van der Waals surface area contributed by atoms with Crippen LogP contribution in [0.25, 0.3) is 0 Å². The number of unbranched alkanes of at least 4 members (excludes halogenated alkanes) is 2. The summed E-state index contributed by atoms with van der Waals surface area (Å²) in [7, 11) is -1.50. The van der Waals surface area contributed by atoms with Crippen molar-refractivity contribution in [2.75, 3.05) is 6.54 Å². The zero-order valence-electron chi connectivity index (χ0n) is 25.5. The molecule has 10 nitrogen and oxygen atoms in total. The number of nitrogens with one attached hydrogen (secondary N) is 3. The summed E-state index contributed by atoms with van der Waals surface area (Å²) in [6.07, 6.45) is 3.98. The first-order valence-electron chi connectivity index (χ1n) is 15.2. The molecule has 0 unspecified atom stereocenters. The predicted molar refractivity (Wildman–Crippen MR) is 161 cm³/mol. The Hall–Kier alpha value is -3.05. The van der Waals surface area contributed by atoms with Gasteiger partial charge in [-0.1, -0.05) is 62.8 Å². The monoisotopic (exact) mass is 598 g/mol. The van der Waals surface area contributed by atoms with Crippen LogP contribution in [-0.2, 0) is 35.1 Å². The van der Waals surface area contributed by atoms with Gasteiger partial charge in [0.05, 0.1) is 13.8 Å².